The van der Waals surface area contributed by atoms with Gasteiger partial charge in [-0.3, -0.25) is 4.79 Å². The Morgan fingerprint density at radius 1 is 1.32 bits per heavy atom. The van der Waals surface area contributed by atoms with Crippen molar-refractivity contribution in [2.24, 2.45) is 0 Å². The van der Waals surface area contributed by atoms with Gasteiger partial charge in [-0.2, -0.15) is 4.31 Å². The van der Waals surface area contributed by atoms with E-state index in [-0.39, 0.29) is 5.75 Å². The van der Waals surface area contributed by atoms with Gasteiger partial charge in [0, 0.05) is 6.54 Å². The molecule has 0 aromatic heterocycles. The van der Waals surface area contributed by atoms with Crippen LogP contribution in [0.1, 0.15) is 52.4 Å². The molecule has 1 aliphatic rings. The van der Waals surface area contributed by atoms with E-state index in [0.29, 0.717) is 38.6 Å². The van der Waals surface area contributed by atoms with Gasteiger partial charge in [-0.1, -0.05) is 26.7 Å². The van der Waals surface area contributed by atoms with Crippen LogP contribution in [0.3, 0.4) is 0 Å². The van der Waals surface area contributed by atoms with Gasteiger partial charge < -0.3 is 10.4 Å². The first-order chi connectivity index (χ1) is 10.3. The number of amides is 1. The topological polar surface area (TPSA) is 104 Å². The highest BCUT2D eigenvalue weighted by Crippen LogP contribution is 2.22. The molecular weight excluding hydrogens is 308 g/mol. The van der Waals surface area contributed by atoms with Crippen molar-refractivity contribution in [1.29, 1.82) is 0 Å². The van der Waals surface area contributed by atoms with Gasteiger partial charge in [-0.05, 0) is 25.7 Å². The maximum Gasteiger partial charge on any atom is 0.326 e. The Morgan fingerprint density at radius 2 is 2.00 bits per heavy atom. The van der Waals surface area contributed by atoms with Gasteiger partial charge in [0.25, 0.3) is 0 Å². The summed E-state index contributed by atoms with van der Waals surface area (Å²) in [6.45, 7) is 4.04. The fraction of sp³-hybridized carbons (Fsp3) is 0.857. The van der Waals surface area contributed by atoms with Crippen LogP contribution < -0.4 is 5.32 Å². The van der Waals surface area contributed by atoms with Crippen molar-refractivity contribution in [3.8, 4) is 0 Å². The number of sulfonamides is 1. The molecule has 0 bridgehead atoms. The lowest BCUT2D eigenvalue weighted by atomic mass is 10.1. The summed E-state index contributed by atoms with van der Waals surface area (Å²) in [6.07, 6.45) is 3.43. The number of aliphatic carboxylic acids is 1. The Bertz CT molecular complexity index is 491. The summed E-state index contributed by atoms with van der Waals surface area (Å²) in [7, 11) is -3.45. The molecular formula is C14H26N2O5S. The Hall–Kier alpha value is -1.15. The van der Waals surface area contributed by atoms with E-state index in [4.69, 9.17) is 5.11 Å². The van der Waals surface area contributed by atoms with E-state index in [0.717, 1.165) is 6.42 Å². The minimum Gasteiger partial charge on any atom is -0.480 e. The highest BCUT2D eigenvalue weighted by molar-refractivity contribution is 7.89. The van der Waals surface area contributed by atoms with Crippen LogP contribution in [0.15, 0.2) is 0 Å². The van der Waals surface area contributed by atoms with Crippen molar-refractivity contribution in [3.63, 3.8) is 0 Å². The van der Waals surface area contributed by atoms with Gasteiger partial charge in [0.1, 0.15) is 12.1 Å². The summed E-state index contributed by atoms with van der Waals surface area (Å²) in [6, 6.07) is -1.73. The maximum absolute atomic E-state index is 12.3. The number of nitrogens with one attached hydrogen (secondary N) is 1. The smallest absolute Gasteiger partial charge is 0.326 e. The quantitative estimate of drug-likeness (QED) is 0.653. The van der Waals surface area contributed by atoms with Crippen molar-refractivity contribution in [3.05, 3.63) is 0 Å². The van der Waals surface area contributed by atoms with E-state index < -0.39 is 34.0 Å². The Kier molecular flexibility index (Phi) is 7.28. The van der Waals surface area contributed by atoms with Gasteiger partial charge >= 0.3 is 5.97 Å². The van der Waals surface area contributed by atoms with Crippen LogP contribution >= 0.6 is 0 Å². The number of carboxylic acids is 1. The van der Waals surface area contributed by atoms with Gasteiger partial charge in [-0.15, -0.1) is 0 Å². The largest absolute Gasteiger partial charge is 0.480 e. The van der Waals surface area contributed by atoms with Gasteiger partial charge in [0.05, 0.1) is 5.75 Å². The third kappa shape index (κ3) is 4.95. The first kappa shape index (κ1) is 18.9. The maximum atomic E-state index is 12.3. The summed E-state index contributed by atoms with van der Waals surface area (Å²) in [4.78, 5) is 23.5. The van der Waals surface area contributed by atoms with E-state index >= 15 is 0 Å². The van der Waals surface area contributed by atoms with Crippen LogP contribution in [-0.4, -0.2) is 54.1 Å². The number of rotatable bonds is 9. The van der Waals surface area contributed by atoms with E-state index in [1.165, 1.54) is 4.31 Å². The number of carboxylic acid groups (broad SMARTS) is 1. The molecule has 1 aliphatic heterocycles. The lowest BCUT2D eigenvalue weighted by Crippen LogP contribution is -2.51. The van der Waals surface area contributed by atoms with Crippen LogP contribution in [0.2, 0.25) is 0 Å². The number of unbranched alkanes of at least 4 members (excludes halogenated alkanes) is 1. The highest BCUT2D eigenvalue weighted by atomic mass is 32.2. The lowest BCUT2D eigenvalue weighted by molar-refractivity contribution is -0.142. The van der Waals surface area contributed by atoms with E-state index in [1.54, 1.807) is 6.92 Å². The molecule has 22 heavy (non-hydrogen) atoms. The zero-order valence-electron chi connectivity index (χ0n) is 13.2. The minimum atomic E-state index is -3.45. The first-order valence-corrected chi connectivity index (χ1v) is 9.47. The number of hydrogen-bond donors (Lipinski definition) is 2. The molecule has 1 unspecified atom stereocenters. The van der Waals surface area contributed by atoms with Crippen molar-refractivity contribution in [2.45, 2.75) is 64.5 Å². The monoisotopic (exact) mass is 334 g/mol. The summed E-state index contributed by atoms with van der Waals surface area (Å²) in [5.74, 6) is -1.57. The van der Waals surface area contributed by atoms with E-state index in [9.17, 15) is 18.0 Å². The van der Waals surface area contributed by atoms with Crippen LogP contribution in [0.25, 0.3) is 0 Å². The van der Waals surface area contributed by atoms with Crippen molar-refractivity contribution in [2.75, 3.05) is 12.3 Å². The number of hydrogen-bond acceptors (Lipinski definition) is 4. The molecule has 7 nitrogen and oxygen atoms in total. The molecule has 2 N–H and O–H groups in total. The third-order valence-electron chi connectivity index (χ3n) is 3.79. The van der Waals surface area contributed by atoms with Crippen molar-refractivity contribution < 1.29 is 23.1 Å². The molecule has 128 valence electrons. The molecule has 1 rings (SSSR count). The van der Waals surface area contributed by atoms with Gasteiger partial charge in [-0.25, -0.2) is 13.2 Å². The molecule has 0 saturated carbocycles. The molecule has 1 heterocycles. The Labute approximate surface area is 132 Å². The second-order valence-electron chi connectivity index (χ2n) is 5.63. The van der Waals surface area contributed by atoms with E-state index in [1.807, 2.05) is 6.92 Å². The molecule has 0 aromatic rings. The van der Waals surface area contributed by atoms with E-state index in [2.05, 4.69) is 5.32 Å². The first-order valence-electron chi connectivity index (χ1n) is 7.86. The van der Waals surface area contributed by atoms with Gasteiger partial charge in [0.15, 0.2) is 0 Å². The normalized spacial score (nSPS) is 20.7. The number of carbonyl (C=O) groups excluding carboxylic acids is 1. The number of nitrogens with zero attached hydrogens (tertiary/aromatic N) is 1. The molecule has 2 atom stereocenters. The fourth-order valence-electron chi connectivity index (χ4n) is 2.64. The molecule has 0 aromatic carbocycles. The Morgan fingerprint density at radius 3 is 2.55 bits per heavy atom. The molecule has 1 fully saturated rings. The summed E-state index contributed by atoms with van der Waals surface area (Å²) < 4.78 is 25.6. The molecule has 0 aliphatic carbocycles. The zero-order valence-corrected chi connectivity index (χ0v) is 14.1. The summed E-state index contributed by atoms with van der Waals surface area (Å²) >= 11 is 0. The standard InChI is InChI=1S/C14H26N2O5S/c1-3-5-7-11(14(18)19)15-13(17)12-8-6-9-16(12)22(20,21)10-4-2/h11-12H,3-10H2,1-2H3,(H,15,17)(H,18,19)/t11-,12?/m0/s1. The molecule has 8 heteroatoms. The molecule has 0 spiro atoms. The molecule has 1 amide bonds. The second kappa shape index (κ2) is 8.47. The average molecular weight is 334 g/mol. The summed E-state index contributed by atoms with van der Waals surface area (Å²) in [5.41, 5.74) is 0. The van der Waals surface area contributed by atoms with Crippen LogP contribution in [0.5, 0.6) is 0 Å². The minimum absolute atomic E-state index is 0.00890. The highest BCUT2D eigenvalue weighted by Gasteiger charge is 2.39. The SMILES string of the molecule is CCCC[C@H](NC(=O)C1CCCN1S(=O)(=O)CCC)C(=O)O. The fourth-order valence-corrected chi connectivity index (χ4v) is 4.39. The number of carbonyl (C=O) groups is 2. The van der Waals surface area contributed by atoms with Gasteiger partial charge in [0.2, 0.25) is 15.9 Å². The van der Waals surface area contributed by atoms with Crippen LogP contribution in [-0.2, 0) is 19.6 Å². The second-order valence-corrected chi connectivity index (χ2v) is 7.67. The molecule has 0 radical (unpaired) electrons. The van der Waals surface area contributed by atoms with Crippen LogP contribution in [0.4, 0.5) is 0 Å². The zero-order chi connectivity index (χ0) is 16.8. The van der Waals surface area contributed by atoms with Crippen molar-refractivity contribution in [1.82, 2.24) is 9.62 Å². The third-order valence-corrected chi connectivity index (χ3v) is 5.86. The predicted molar refractivity (Wildman–Crippen MR) is 82.9 cm³/mol. The Balaban J connectivity index is 2.76. The lowest BCUT2D eigenvalue weighted by Gasteiger charge is -2.24. The predicted octanol–water partition coefficient (Wildman–Crippen LogP) is 0.950. The van der Waals surface area contributed by atoms with Crippen LogP contribution in [0, 0.1) is 0 Å². The molecule has 1 saturated heterocycles. The summed E-state index contributed by atoms with van der Waals surface area (Å²) in [5, 5.41) is 11.6. The van der Waals surface area contributed by atoms with Crippen molar-refractivity contribution >= 4 is 21.9 Å². The average Bonchev–Trinajstić information content (AvgIpc) is 2.93.